The normalized spacial score (nSPS) is 16.7. The average molecular weight is 174 g/mol. The highest BCUT2D eigenvalue weighted by atomic mass is 16.9. The van der Waals surface area contributed by atoms with Crippen LogP contribution >= 0.6 is 0 Å². The Morgan fingerprint density at radius 1 is 1.67 bits per heavy atom. The maximum absolute atomic E-state index is 10.4. The monoisotopic (exact) mass is 174 g/mol. The Morgan fingerprint density at radius 2 is 2.17 bits per heavy atom. The van der Waals surface area contributed by atoms with E-state index in [0.29, 0.717) is 5.06 Å². The number of nitrogens with two attached hydrogens (primary N) is 1. The van der Waals surface area contributed by atoms with Crippen molar-refractivity contribution in [3.05, 3.63) is 0 Å². The number of nitrogens with zero attached hydrogens (tertiary/aromatic N) is 1. The molecule has 1 saturated heterocycles. The molecule has 0 radical (unpaired) electrons. The maximum Gasteiger partial charge on any atom is 0.468 e. The van der Waals surface area contributed by atoms with Gasteiger partial charge in [0.2, 0.25) is 5.91 Å². The molecule has 2 amide bonds. The number of hydrogen-bond donors (Lipinski definition) is 2. The highest BCUT2D eigenvalue weighted by Gasteiger charge is 2.46. The van der Waals surface area contributed by atoms with E-state index in [-0.39, 0.29) is 0 Å². The van der Waals surface area contributed by atoms with Crippen LogP contribution in [0.4, 0.5) is 4.79 Å². The third-order valence-electron chi connectivity index (χ3n) is 1.29. The molecule has 66 valence electrons. The highest BCUT2D eigenvalue weighted by Crippen LogP contribution is 2.19. The van der Waals surface area contributed by atoms with E-state index in [0.717, 1.165) is 0 Å². The highest BCUT2D eigenvalue weighted by molar-refractivity contribution is 5.89. The summed E-state index contributed by atoms with van der Waals surface area (Å²) in [7, 11) is 0. The largest absolute Gasteiger partial charge is 0.480 e. The van der Waals surface area contributed by atoms with Gasteiger partial charge in [-0.3, -0.25) is 4.79 Å². The fourth-order valence-corrected chi connectivity index (χ4v) is 0.716. The molecular formula is C5H6N2O5. The first-order valence-corrected chi connectivity index (χ1v) is 3.04. The van der Waals surface area contributed by atoms with E-state index in [4.69, 9.17) is 10.8 Å². The van der Waals surface area contributed by atoms with E-state index in [9.17, 15) is 14.4 Å². The van der Waals surface area contributed by atoms with Crippen LogP contribution in [0, 0.1) is 0 Å². The fourth-order valence-electron chi connectivity index (χ4n) is 0.716. The van der Waals surface area contributed by atoms with Gasteiger partial charge in [-0.1, -0.05) is 0 Å². The Hall–Kier alpha value is -1.79. The zero-order valence-electron chi connectivity index (χ0n) is 5.89. The predicted octanol–water partition coefficient (Wildman–Crippen LogP) is -1.32. The molecule has 0 aromatic carbocycles. The number of carboxylic acid groups (broad SMARTS) is 1. The molecule has 7 nitrogen and oxygen atoms in total. The second-order valence-electron chi connectivity index (χ2n) is 2.21. The lowest BCUT2D eigenvalue weighted by molar-refractivity contribution is -0.145. The Kier molecular flexibility index (Phi) is 1.86. The summed E-state index contributed by atoms with van der Waals surface area (Å²) < 4.78 is 0. The van der Waals surface area contributed by atoms with Gasteiger partial charge in [-0.05, 0) is 0 Å². The second kappa shape index (κ2) is 2.68. The number of rotatable bonds is 4. The van der Waals surface area contributed by atoms with Gasteiger partial charge in [0.1, 0.15) is 0 Å². The third-order valence-corrected chi connectivity index (χ3v) is 1.29. The SMILES string of the molecule is NC(=O)C[C@@H](C(=O)O)N1OC1=O. The van der Waals surface area contributed by atoms with Crippen molar-refractivity contribution in [2.75, 3.05) is 0 Å². The molecule has 1 aliphatic rings. The first-order chi connectivity index (χ1) is 5.52. The van der Waals surface area contributed by atoms with Crippen molar-refractivity contribution >= 4 is 18.0 Å². The summed E-state index contributed by atoms with van der Waals surface area (Å²) in [6.45, 7) is 0. The van der Waals surface area contributed by atoms with E-state index in [1.807, 2.05) is 0 Å². The summed E-state index contributed by atoms with van der Waals surface area (Å²) in [6.07, 6.45) is -1.20. The van der Waals surface area contributed by atoms with Crippen LogP contribution in [0.2, 0.25) is 0 Å². The van der Waals surface area contributed by atoms with Crippen LogP contribution in [0.5, 0.6) is 0 Å². The number of amides is 2. The van der Waals surface area contributed by atoms with Gasteiger partial charge in [-0.15, -0.1) is 5.06 Å². The van der Waals surface area contributed by atoms with Crippen LogP contribution in [-0.4, -0.2) is 34.2 Å². The maximum atomic E-state index is 10.4. The summed E-state index contributed by atoms with van der Waals surface area (Å²) in [5, 5.41) is 9.06. The van der Waals surface area contributed by atoms with Crippen LogP contribution < -0.4 is 5.73 Å². The summed E-state index contributed by atoms with van der Waals surface area (Å²) >= 11 is 0. The van der Waals surface area contributed by atoms with Gasteiger partial charge in [0.15, 0.2) is 6.04 Å². The van der Waals surface area contributed by atoms with Crippen molar-refractivity contribution in [2.45, 2.75) is 12.5 Å². The molecule has 1 atom stereocenters. The summed E-state index contributed by atoms with van der Waals surface area (Å²) in [5.41, 5.74) is 4.75. The third kappa shape index (κ3) is 1.62. The van der Waals surface area contributed by atoms with E-state index in [2.05, 4.69) is 4.84 Å². The molecule has 0 spiro atoms. The lowest BCUT2D eigenvalue weighted by Gasteiger charge is -2.04. The first kappa shape index (κ1) is 8.31. The summed E-state index contributed by atoms with van der Waals surface area (Å²) in [5.74, 6) is -2.12. The van der Waals surface area contributed by atoms with Gasteiger partial charge in [-0.25, -0.2) is 9.59 Å². The number of aliphatic carboxylic acids is 1. The van der Waals surface area contributed by atoms with Gasteiger partial charge in [0.05, 0.1) is 6.42 Å². The summed E-state index contributed by atoms with van der Waals surface area (Å²) in [4.78, 5) is 35.1. The van der Waals surface area contributed by atoms with Crippen molar-refractivity contribution in [1.29, 1.82) is 0 Å². The minimum absolute atomic E-state index is 0.443. The van der Waals surface area contributed by atoms with E-state index in [1.165, 1.54) is 0 Å². The van der Waals surface area contributed by atoms with Gasteiger partial charge in [-0.2, -0.15) is 0 Å². The molecule has 0 aromatic rings. The zero-order chi connectivity index (χ0) is 9.30. The molecule has 1 heterocycles. The molecule has 3 N–H and O–H groups in total. The van der Waals surface area contributed by atoms with Crippen molar-refractivity contribution in [1.82, 2.24) is 5.06 Å². The zero-order valence-corrected chi connectivity index (χ0v) is 5.89. The van der Waals surface area contributed by atoms with Crippen LogP contribution in [0.1, 0.15) is 6.42 Å². The number of hydroxylamine groups is 2. The Bertz CT molecular complexity index is 250. The smallest absolute Gasteiger partial charge is 0.468 e. The lowest BCUT2D eigenvalue weighted by atomic mass is 10.2. The Balaban J connectivity index is 2.56. The number of carbonyl (C=O) groups is 3. The topological polar surface area (TPSA) is 113 Å². The molecule has 0 saturated carbocycles. The first-order valence-electron chi connectivity index (χ1n) is 3.04. The van der Waals surface area contributed by atoms with Crippen LogP contribution in [0.25, 0.3) is 0 Å². The molecule has 0 aromatic heterocycles. The van der Waals surface area contributed by atoms with Gasteiger partial charge < -0.3 is 15.7 Å². The predicted molar refractivity (Wildman–Crippen MR) is 33.6 cm³/mol. The van der Waals surface area contributed by atoms with Gasteiger partial charge in [0, 0.05) is 0 Å². The Morgan fingerprint density at radius 3 is 2.42 bits per heavy atom. The van der Waals surface area contributed by atoms with Gasteiger partial charge in [0.25, 0.3) is 0 Å². The molecule has 1 fully saturated rings. The van der Waals surface area contributed by atoms with Crippen LogP contribution in [0.3, 0.4) is 0 Å². The Labute approximate surface area is 66.6 Å². The van der Waals surface area contributed by atoms with E-state index >= 15 is 0 Å². The van der Waals surface area contributed by atoms with E-state index < -0.39 is 30.4 Å². The minimum Gasteiger partial charge on any atom is -0.480 e. The van der Waals surface area contributed by atoms with E-state index in [1.54, 1.807) is 0 Å². The average Bonchev–Trinajstić information content (AvgIpc) is 2.61. The molecule has 7 heteroatoms. The molecule has 0 aliphatic carbocycles. The van der Waals surface area contributed by atoms with Gasteiger partial charge >= 0.3 is 12.1 Å². The number of carboxylic acids is 1. The van der Waals surface area contributed by atoms with Crippen LogP contribution in [-0.2, 0) is 14.4 Å². The molecule has 0 bridgehead atoms. The van der Waals surface area contributed by atoms with Crippen molar-refractivity contribution < 1.29 is 24.3 Å². The molecule has 1 rings (SSSR count). The fraction of sp³-hybridized carbons (Fsp3) is 0.400. The molecule has 12 heavy (non-hydrogen) atoms. The number of hydrogen-bond acceptors (Lipinski definition) is 4. The van der Waals surface area contributed by atoms with Crippen LogP contribution in [0.15, 0.2) is 0 Å². The second-order valence-corrected chi connectivity index (χ2v) is 2.21. The van der Waals surface area contributed by atoms with Crippen molar-refractivity contribution in [2.24, 2.45) is 5.73 Å². The molecule has 0 unspecified atom stereocenters. The molecular weight excluding hydrogens is 168 g/mol. The number of primary amides is 1. The summed E-state index contributed by atoms with van der Waals surface area (Å²) in [6, 6.07) is -1.30. The van der Waals surface area contributed by atoms with Crippen molar-refractivity contribution in [3.63, 3.8) is 0 Å². The quantitative estimate of drug-likeness (QED) is 0.513. The standard InChI is InChI=1S/C5H6N2O5/c6-3(8)1-2(4(9)10)7-5(11)12-7/h2H,1H2,(H2,6,8)(H,9,10)/t2-,7?/m0/s1. The van der Waals surface area contributed by atoms with Crippen molar-refractivity contribution in [3.8, 4) is 0 Å². The number of carbonyl (C=O) groups excluding carboxylic acids is 2. The molecule has 1 aliphatic heterocycles. The minimum atomic E-state index is -1.32. The lowest BCUT2D eigenvalue weighted by Crippen LogP contribution is -2.33.